The highest BCUT2D eigenvalue weighted by atomic mass is 16.3. The summed E-state index contributed by atoms with van der Waals surface area (Å²) in [5.41, 5.74) is 0.387. The fraction of sp³-hybridized carbons (Fsp3) is 0.533. The lowest BCUT2D eigenvalue weighted by molar-refractivity contribution is 0.0744. The van der Waals surface area contributed by atoms with Crippen LogP contribution >= 0.6 is 0 Å². The lowest BCUT2D eigenvalue weighted by atomic mass is 9.96. The number of likely N-dealkylation sites (tertiary alicyclic amines) is 1. The molecule has 4 heteroatoms. The summed E-state index contributed by atoms with van der Waals surface area (Å²) >= 11 is 0. The van der Waals surface area contributed by atoms with Gasteiger partial charge in [0.05, 0.1) is 5.56 Å². The van der Waals surface area contributed by atoms with Crippen molar-refractivity contribution < 1.29 is 9.90 Å². The first-order chi connectivity index (χ1) is 9.08. The number of nitrogens with zero attached hydrogens (tertiary/aromatic N) is 2. The van der Waals surface area contributed by atoms with Gasteiger partial charge in [-0.25, -0.2) is 0 Å². The van der Waals surface area contributed by atoms with Gasteiger partial charge in [-0.3, -0.25) is 4.79 Å². The second-order valence-corrected chi connectivity index (χ2v) is 5.45. The Labute approximate surface area is 114 Å². The van der Waals surface area contributed by atoms with Crippen molar-refractivity contribution in [3.8, 4) is 5.75 Å². The molecule has 0 spiro atoms. The van der Waals surface area contributed by atoms with E-state index in [1.165, 1.54) is 0 Å². The van der Waals surface area contributed by atoms with Gasteiger partial charge in [0.15, 0.2) is 0 Å². The summed E-state index contributed by atoms with van der Waals surface area (Å²) in [5, 5.41) is 9.72. The van der Waals surface area contributed by atoms with Crippen molar-refractivity contribution in [3.05, 3.63) is 29.8 Å². The van der Waals surface area contributed by atoms with Gasteiger partial charge in [-0.05, 0) is 51.0 Å². The van der Waals surface area contributed by atoms with Crippen LogP contribution in [0.2, 0.25) is 0 Å². The first kappa shape index (κ1) is 13.9. The standard InChI is InChI=1S/C15H22N2O2/c1-16-9-7-12(8-10-16)11-17(2)15(19)13-5-3-4-6-14(13)18/h3-6,12,18H,7-11H2,1-2H3. The van der Waals surface area contributed by atoms with Gasteiger partial charge in [-0.2, -0.15) is 0 Å². The average Bonchev–Trinajstić information content (AvgIpc) is 2.41. The van der Waals surface area contributed by atoms with Gasteiger partial charge in [-0.1, -0.05) is 12.1 Å². The Morgan fingerprint density at radius 2 is 2.00 bits per heavy atom. The number of hydrogen-bond acceptors (Lipinski definition) is 3. The number of benzene rings is 1. The number of piperidine rings is 1. The largest absolute Gasteiger partial charge is 0.507 e. The van der Waals surface area contributed by atoms with Crippen LogP contribution < -0.4 is 0 Å². The predicted molar refractivity (Wildman–Crippen MR) is 75.3 cm³/mol. The first-order valence-corrected chi connectivity index (χ1v) is 6.80. The third-order valence-electron chi connectivity index (χ3n) is 3.85. The molecule has 0 saturated carbocycles. The number of hydrogen-bond donors (Lipinski definition) is 1. The molecular formula is C15H22N2O2. The van der Waals surface area contributed by atoms with E-state index in [2.05, 4.69) is 11.9 Å². The lowest BCUT2D eigenvalue weighted by Gasteiger charge is -2.31. The summed E-state index contributed by atoms with van der Waals surface area (Å²) in [6.07, 6.45) is 2.27. The van der Waals surface area contributed by atoms with E-state index in [0.717, 1.165) is 32.5 Å². The fourth-order valence-corrected chi connectivity index (χ4v) is 2.57. The van der Waals surface area contributed by atoms with Crippen LogP contribution in [-0.4, -0.2) is 54.5 Å². The van der Waals surface area contributed by atoms with Gasteiger partial charge >= 0.3 is 0 Å². The summed E-state index contributed by atoms with van der Waals surface area (Å²) in [5.74, 6) is 0.524. The third-order valence-corrected chi connectivity index (χ3v) is 3.85. The number of carbonyl (C=O) groups is 1. The summed E-state index contributed by atoms with van der Waals surface area (Å²) < 4.78 is 0. The lowest BCUT2D eigenvalue weighted by Crippen LogP contribution is -2.37. The molecule has 1 aromatic rings. The number of carbonyl (C=O) groups excluding carboxylic acids is 1. The molecule has 1 N–H and O–H groups in total. The molecule has 104 valence electrons. The Kier molecular flexibility index (Phi) is 4.43. The summed E-state index contributed by atoms with van der Waals surface area (Å²) in [7, 11) is 3.94. The molecule has 1 aliphatic rings. The van der Waals surface area contributed by atoms with Gasteiger partial charge in [0, 0.05) is 13.6 Å². The van der Waals surface area contributed by atoms with Crippen molar-refractivity contribution in [1.82, 2.24) is 9.80 Å². The van der Waals surface area contributed by atoms with Crippen LogP contribution in [-0.2, 0) is 0 Å². The maximum absolute atomic E-state index is 12.3. The summed E-state index contributed by atoms with van der Waals surface area (Å²) in [6.45, 7) is 2.97. The van der Waals surface area contributed by atoms with Crippen LogP contribution in [0.5, 0.6) is 5.75 Å². The molecule has 1 heterocycles. The maximum Gasteiger partial charge on any atom is 0.257 e. The van der Waals surface area contributed by atoms with E-state index in [4.69, 9.17) is 0 Å². The van der Waals surface area contributed by atoms with E-state index in [0.29, 0.717) is 11.5 Å². The van der Waals surface area contributed by atoms with Crippen LogP contribution in [0.3, 0.4) is 0 Å². The van der Waals surface area contributed by atoms with Gasteiger partial charge in [-0.15, -0.1) is 0 Å². The Morgan fingerprint density at radius 1 is 1.37 bits per heavy atom. The zero-order valence-corrected chi connectivity index (χ0v) is 11.7. The minimum absolute atomic E-state index is 0.0581. The minimum Gasteiger partial charge on any atom is -0.507 e. The molecule has 1 aliphatic heterocycles. The van der Waals surface area contributed by atoms with Gasteiger partial charge in [0.2, 0.25) is 0 Å². The molecule has 0 aliphatic carbocycles. The van der Waals surface area contributed by atoms with Crippen molar-refractivity contribution in [2.24, 2.45) is 5.92 Å². The molecule has 0 aromatic heterocycles. The van der Waals surface area contributed by atoms with Crippen LogP contribution in [0.4, 0.5) is 0 Å². The second-order valence-electron chi connectivity index (χ2n) is 5.45. The summed E-state index contributed by atoms with van der Waals surface area (Å²) in [4.78, 5) is 16.3. The van der Waals surface area contributed by atoms with E-state index in [9.17, 15) is 9.90 Å². The van der Waals surface area contributed by atoms with Crippen LogP contribution in [0, 0.1) is 5.92 Å². The molecule has 0 bridgehead atoms. The zero-order chi connectivity index (χ0) is 13.8. The normalized spacial score (nSPS) is 17.4. The second kappa shape index (κ2) is 6.06. The van der Waals surface area contributed by atoms with E-state index >= 15 is 0 Å². The third kappa shape index (κ3) is 3.47. The highest BCUT2D eigenvalue weighted by Crippen LogP contribution is 2.20. The number of phenols is 1. The maximum atomic E-state index is 12.3. The molecule has 0 atom stereocenters. The highest BCUT2D eigenvalue weighted by Gasteiger charge is 2.22. The van der Waals surface area contributed by atoms with Crippen molar-refractivity contribution in [2.75, 3.05) is 33.7 Å². The van der Waals surface area contributed by atoms with E-state index in [1.54, 1.807) is 29.2 Å². The number of phenolic OH excluding ortho intramolecular Hbond substituents is 1. The van der Waals surface area contributed by atoms with Crippen LogP contribution in [0.25, 0.3) is 0 Å². The number of para-hydroxylation sites is 1. The van der Waals surface area contributed by atoms with Gasteiger partial charge in [0.25, 0.3) is 5.91 Å². The molecule has 1 saturated heterocycles. The Hall–Kier alpha value is -1.55. The molecule has 1 aromatic carbocycles. The molecule has 4 nitrogen and oxygen atoms in total. The first-order valence-electron chi connectivity index (χ1n) is 6.80. The quantitative estimate of drug-likeness (QED) is 0.903. The van der Waals surface area contributed by atoms with Crippen LogP contribution in [0.15, 0.2) is 24.3 Å². The van der Waals surface area contributed by atoms with Gasteiger partial charge in [0.1, 0.15) is 5.75 Å². The number of aromatic hydroxyl groups is 1. The molecule has 1 fully saturated rings. The number of rotatable bonds is 3. The van der Waals surface area contributed by atoms with Crippen molar-refractivity contribution in [3.63, 3.8) is 0 Å². The molecule has 0 radical (unpaired) electrons. The zero-order valence-electron chi connectivity index (χ0n) is 11.7. The van der Waals surface area contributed by atoms with Crippen molar-refractivity contribution in [1.29, 1.82) is 0 Å². The summed E-state index contributed by atoms with van der Waals surface area (Å²) in [6, 6.07) is 6.72. The molecular weight excluding hydrogens is 240 g/mol. The Bertz CT molecular complexity index is 440. The molecule has 2 rings (SSSR count). The van der Waals surface area contributed by atoms with Crippen LogP contribution in [0.1, 0.15) is 23.2 Å². The highest BCUT2D eigenvalue weighted by molar-refractivity contribution is 5.96. The predicted octanol–water partition coefficient (Wildman–Crippen LogP) is 1.81. The minimum atomic E-state index is -0.1000. The SMILES string of the molecule is CN1CCC(CN(C)C(=O)c2ccccc2O)CC1. The van der Waals surface area contributed by atoms with E-state index in [1.807, 2.05) is 7.05 Å². The molecule has 0 unspecified atom stereocenters. The fourth-order valence-electron chi connectivity index (χ4n) is 2.57. The number of amides is 1. The van der Waals surface area contributed by atoms with Crippen molar-refractivity contribution in [2.45, 2.75) is 12.8 Å². The Morgan fingerprint density at radius 3 is 2.63 bits per heavy atom. The van der Waals surface area contributed by atoms with Gasteiger partial charge < -0.3 is 14.9 Å². The Balaban J connectivity index is 1.94. The topological polar surface area (TPSA) is 43.8 Å². The monoisotopic (exact) mass is 262 g/mol. The smallest absolute Gasteiger partial charge is 0.257 e. The van der Waals surface area contributed by atoms with E-state index < -0.39 is 0 Å². The molecule has 19 heavy (non-hydrogen) atoms. The van der Waals surface area contributed by atoms with E-state index in [-0.39, 0.29) is 11.7 Å². The van der Waals surface area contributed by atoms with Crippen molar-refractivity contribution >= 4 is 5.91 Å². The molecule has 1 amide bonds. The average molecular weight is 262 g/mol.